The summed E-state index contributed by atoms with van der Waals surface area (Å²) in [5.74, 6) is 0.792. The molecule has 1 aromatic heterocycles. The van der Waals surface area contributed by atoms with E-state index in [-0.39, 0.29) is 12.4 Å². The van der Waals surface area contributed by atoms with E-state index in [9.17, 15) is 4.79 Å². The Balaban J connectivity index is 1.98. The molecule has 2 aromatic rings. The first-order valence-electron chi connectivity index (χ1n) is 5.43. The summed E-state index contributed by atoms with van der Waals surface area (Å²) in [7, 11) is 0. The van der Waals surface area contributed by atoms with Crippen LogP contribution in [0.15, 0.2) is 24.3 Å². The van der Waals surface area contributed by atoms with Crippen LogP contribution < -0.4 is 4.74 Å². The van der Waals surface area contributed by atoms with Crippen molar-refractivity contribution in [2.45, 2.75) is 20.0 Å². The van der Waals surface area contributed by atoms with E-state index in [4.69, 9.17) is 16.3 Å². The third kappa shape index (κ3) is 3.05. The molecular weight excluding hydrogens is 272 g/mol. The number of halogens is 1. The summed E-state index contributed by atoms with van der Waals surface area (Å²) < 4.78 is 9.76. The Morgan fingerprint density at radius 2 is 2.11 bits per heavy atom. The van der Waals surface area contributed by atoms with Gasteiger partial charge >= 0.3 is 0 Å². The number of rotatable bonds is 5. The molecule has 0 fully saturated rings. The van der Waals surface area contributed by atoms with E-state index in [1.807, 2.05) is 6.92 Å². The van der Waals surface area contributed by atoms with E-state index in [1.54, 1.807) is 24.3 Å². The average molecular weight is 283 g/mol. The van der Waals surface area contributed by atoms with Crippen molar-refractivity contribution in [2.75, 3.05) is 0 Å². The quantitative estimate of drug-likeness (QED) is 0.789. The molecule has 0 spiro atoms. The minimum atomic E-state index is 0.119. The molecule has 4 nitrogen and oxygen atoms in total. The Kier molecular flexibility index (Phi) is 4.28. The van der Waals surface area contributed by atoms with Gasteiger partial charge in [0.2, 0.25) is 0 Å². The van der Waals surface area contributed by atoms with Gasteiger partial charge in [0.1, 0.15) is 22.4 Å². The zero-order valence-corrected chi connectivity index (χ0v) is 11.3. The average Bonchev–Trinajstić information content (AvgIpc) is 2.81. The highest BCUT2D eigenvalue weighted by Gasteiger charge is 2.07. The van der Waals surface area contributed by atoms with Crippen molar-refractivity contribution in [2.24, 2.45) is 0 Å². The fourth-order valence-electron chi connectivity index (χ4n) is 1.38. The van der Waals surface area contributed by atoms with Gasteiger partial charge in [-0.25, -0.2) is 0 Å². The molecular formula is C12H11ClN2O2S. The van der Waals surface area contributed by atoms with Gasteiger partial charge in [0.05, 0.1) is 0 Å². The molecule has 1 aromatic carbocycles. The monoisotopic (exact) mass is 282 g/mol. The van der Waals surface area contributed by atoms with Gasteiger partial charge < -0.3 is 4.74 Å². The molecule has 0 aliphatic rings. The summed E-state index contributed by atoms with van der Waals surface area (Å²) in [5.41, 5.74) is 1.31. The van der Waals surface area contributed by atoms with Gasteiger partial charge in [0, 0.05) is 23.5 Å². The van der Waals surface area contributed by atoms with Crippen molar-refractivity contribution in [1.29, 1.82) is 0 Å². The van der Waals surface area contributed by atoms with Crippen LogP contribution in [-0.2, 0) is 6.61 Å². The van der Waals surface area contributed by atoms with Crippen molar-refractivity contribution >= 4 is 28.9 Å². The minimum Gasteiger partial charge on any atom is -0.487 e. The van der Waals surface area contributed by atoms with Gasteiger partial charge in [-0.15, -0.1) is 5.10 Å². The summed E-state index contributed by atoms with van der Waals surface area (Å²) in [5, 5.41) is 3.85. The van der Waals surface area contributed by atoms with Crippen molar-refractivity contribution in [1.82, 2.24) is 9.59 Å². The summed E-state index contributed by atoms with van der Waals surface area (Å²) in [6.07, 6.45) is 0.500. The predicted molar refractivity (Wildman–Crippen MR) is 70.3 cm³/mol. The number of hydrogen-bond acceptors (Lipinski definition) is 5. The first kappa shape index (κ1) is 13.0. The number of nitrogens with zero attached hydrogens (tertiary/aromatic N) is 2. The first-order valence-corrected chi connectivity index (χ1v) is 6.58. The zero-order chi connectivity index (χ0) is 13.0. The van der Waals surface area contributed by atoms with Crippen molar-refractivity contribution in [3.8, 4) is 5.75 Å². The van der Waals surface area contributed by atoms with Gasteiger partial charge in [0.25, 0.3) is 0 Å². The molecule has 0 atom stereocenters. The smallest absolute Gasteiger partial charge is 0.162 e. The van der Waals surface area contributed by atoms with Crippen molar-refractivity contribution in [3.63, 3.8) is 0 Å². The fourth-order valence-corrected chi connectivity index (χ4v) is 1.98. The van der Waals surface area contributed by atoms with Gasteiger partial charge in [0.15, 0.2) is 5.78 Å². The second kappa shape index (κ2) is 5.93. The molecule has 0 saturated heterocycles. The molecule has 0 N–H and O–H groups in total. The number of Topliss-reactive ketones (excluding diaryl/α,β-unsaturated/α-hetero) is 1. The lowest BCUT2D eigenvalue weighted by Crippen LogP contribution is -1.98. The summed E-state index contributed by atoms with van der Waals surface area (Å²) in [6.45, 7) is 2.11. The van der Waals surface area contributed by atoms with Crippen LogP contribution in [0, 0.1) is 0 Å². The SMILES string of the molecule is CCC(=O)c1ccc(OCc2nnsc2Cl)cc1. The highest BCUT2D eigenvalue weighted by molar-refractivity contribution is 7.10. The fraction of sp³-hybridized carbons (Fsp3) is 0.250. The third-order valence-corrected chi connectivity index (χ3v) is 3.37. The second-order valence-electron chi connectivity index (χ2n) is 3.58. The van der Waals surface area contributed by atoms with Gasteiger partial charge in [-0.3, -0.25) is 4.79 Å². The highest BCUT2D eigenvalue weighted by Crippen LogP contribution is 2.20. The number of carbonyl (C=O) groups is 1. The summed E-state index contributed by atoms with van der Waals surface area (Å²) in [4.78, 5) is 11.4. The molecule has 0 bridgehead atoms. The Bertz CT molecular complexity index is 539. The van der Waals surface area contributed by atoms with Crippen LogP contribution in [0.3, 0.4) is 0 Å². The molecule has 0 saturated carbocycles. The number of hydrogen-bond donors (Lipinski definition) is 0. The first-order chi connectivity index (χ1) is 8.70. The van der Waals surface area contributed by atoms with E-state index in [1.165, 1.54) is 0 Å². The lowest BCUT2D eigenvalue weighted by Gasteiger charge is -2.05. The van der Waals surface area contributed by atoms with Crippen LogP contribution in [0.2, 0.25) is 4.34 Å². The van der Waals surface area contributed by atoms with Gasteiger partial charge in [-0.2, -0.15) is 0 Å². The van der Waals surface area contributed by atoms with E-state index >= 15 is 0 Å². The number of carbonyl (C=O) groups excluding carboxylic acids is 1. The number of ether oxygens (including phenoxy) is 1. The Morgan fingerprint density at radius 1 is 1.39 bits per heavy atom. The van der Waals surface area contributed by atoms with Gasteiger partial charge in [-0.1, -0.05) is 23.0 Å². The molecule has 6 heteroatoms. The number of ketones is 1. The van der Waals surface area contributed by atoms with Crippen LogP contribution in [0.1, 0.15) is 29.4 Å². The van der Waals surface area contributed by atoms with Gasteiger partial charge in [-0.05, 0) is 24.3 Å². The topological polar surface area (TPSA) is 52.1 Å². The zero-order valence-electron chi connectivity index (χ0n) is 9.72. The Labute approximate surface area is 114 Å². The molecule has 0 amide bonds. The van der Waals surface area contributed by atoms with Crippen LogP contribution in [-0.4, -0.2) is 15.4 Å². The maximum absolute atomic E-state index is 11.4. The van der Waals surface area contributed by atoms with E-state index in [2.05, 4.69) is 9.59 Å². The Morgan fingerprint density at radius 3 is 2.67 bits per heavy atom. The van der Waals surface area contributed by atoms with Crippen molar-refractivity contribution < 1.29 is 9.53 Å². The normalized spacial score (nSPS) is 10.3. The van der Waals surface area contributed by atoms with E-state index < -0.39 is 0 Å². The van der Waals surface area contributed by atoms with E-state index in [0.29, 0.717) is 27.8 Å². The highest BCUT2D eigenvalue weighted by atomic mass is 35.5. The minimum absolute atomic E-state index is 0.119. The molecule has 0 aliphatic heterocycles. The standard InChI is InChI=1S/C12H11ClN2O2S/c1-2-11(16)8-3-5-9(6-4-8)17-7-10-12(13)18-15-14-10/h3-6H,2,7H2,1H3. The van der Waals surface area contributed by atoms with E-state index in [0.717, 1.165) is 11.5 Å². The summed E-state index contributed by atoms with van der Waals surface area (Å²) >= 11 is 6.99. The molecule has 94 valence electrons. The maximum Gasteiger partial charge on any atom is 0.162 e. The second-order valence-corrected chi connectivity index (χ2v) is 4.94. The molecule has 18 heavy (non-hydrogen) atoms. The number of benzene rings is 1. The number of aromatic nitrogens is 2. The van der Waals surface area contributed by atoms with Crippen LogP contribution in [0.4, 0.5) is 0 Å². The summed E-state index contributed by atoms with van der Waals surface area (Å²) in [6, 6.07) is 7.03. The molecule has 2 rings (SSSR count). The molecule has 0 radical (unpaired) electrons. The Hall–Kier alpha value is -1.46. The molecule has 0 unspecified atom stereocenters. The molecule has 1 heterocycles. The van der Waals surface area contributed by atoms with Crippen molar-refractivity contribution in [3.05, 3.63) is 39.9 Å². The maximum atomic E-state index is 11.4. The predicted octanol–water partition coefficient (Wildman–Crippen LogP) is 3.36. The molecule has 0 aliphatic carbocycles. The lowest BCUT2D eigenvalue weighted by atomic mass is 10.1. The largest absolute Gasteiger partial charge is 0.487 e. The third-order valence-electron chi connectivity index (χ3n) is 2.38. The van der Waals surface area contributed by atoms with Crippen LogP contribution in [0.5, 0.6) is 5.75 Å². The van der Waals surface area contributed by atoms with Crippen LogP contribution >= 0.6 is 23.1 Å². The lowest BCUT2D eigenvalue weighted by molar-refractivity contribution is 0.0988. The van der Waals surface area contributed by atoms with Crippen LogP contribution in [0.25, 0.3) is 0 Å².